The number of hydrogen-bond donors (Lipinski definition) is 1. The molecule has 0 saturated heterocycles. The van der Waals surface area contributed by atoms with Crippen LogP contribution in [0.15, 0.2) is 4.21 Å². The number of hydrogen-bond acceptors (Lipinski definition) is 6. The second kappa shape index (κ2) is 4.98. The molecule has 0 unspecified atom stereocenters. The van der Waals surface area contributed by atoms with Crippen LogP contribution in [0, 0.1) is 6.92 Å². The van der Waals surface area contributed by atoms with E-state index in [0.717, 1.165) is 11.8 Å². The van der Waals surface area contributed by atoms with Gasteiger partial charge in [-0.25, -0.2) is 4.79 Å². The minimum Gasteiger partial charge on any atom is -0.295 e. The molecular weight excluding hydrogens is 260 g/mol. The molecule has 1 aromatic heterocycles. The van der Waals surface area contributed by atoms with Crippen LogP contribution in [-0.2, 0) is 9.68 Å². The van der Waals surface area contributed by atoms with Crippen molar-refractivity contribution in [2.45, 2.75) is 18.1 Å². The van der Waals surface area contributed by atoms with Gasteiger partial charge >= 0.3 is 5.97 Å². The standard InChI is InChI=1S/C8H7ClO4S2/c1-3-5(7(11)13-12)6(9)8(14-3)15-4(2)10/h12H,1-2H3. The molecule has 7 heteroatoms. The van der Waals surface area contributed by atoms with Crippen molar-refractivity contribution in [1.29, 1.82) is 0 Å². The second-order valence-electron chi connectivity index (χ2n) is 2.61. The van der Waals surface area contributed by atoms with Gasteiger partial charge < -0.3 is 0 Å². The fourth-order valence-corrected chi connectivity index (χ4v) is 3.58. The van der Waals surface area contributed by atoms with Gasteiger partial charge in [0.25, 0.3) is 0 Å². The molecule has 0 radical (unpaired) electrons. The lowest BCUT2D eigenvalue weighted by Gasteiger charge is -1.96. The fourth-order valence-electron chi connectivity index (χ4n) is 0.967. The van der Waals surface area contributed by atoms with Gasteiger partial charge in [-0.1, -0.05) is 11.6 Å². The first-order valence-corrected chi connectivity index (χ1v) is 5.81. The number of thioether (sulfide) groups is 1. The zero-order valence-corrected chi connectivity index (χ0v) is 10.3. The first kappa shape index (κ1) is 12.5. The number of halogens is 1. The average molecular weight is 267 g/mol. The molecule has 4 nitrogen and oxygen atoms in total. The number of carbonyl (C=O) groups excluding carboxylic acids is 2. The Kier molecular flexibility index (Phi) is 4.15. The zero-order chi connectivity index (χ0) is 11.6. The third kappa shape index (κ3) is 2.72. The highest BCUT2D eigenvalue weighted by Gasteiger charge is 2.22. The summed E-state index contributed by atoms with van der Waals surface area (Å²) in [6, 6.07) is 0. The highest BCUT2D eigenvalue weighted by Crippen LogP contribution is 2.39. The number of rotatable bonds is 2. The van der Waals surface area contributed by atoms with E-state index in [0.29, 0.717) is 9.09 Å². The molecule has 0 aliphatic heterocycles. The zero-order valence-electron chi connectivity index (χ0n) is 7.87. The molecule has 82 valence electrons. The summed E-state index contributed by atoms with van der Waals surface area (Å²) < 4.78 is 0.530. The Balaban J connectivity index is 3.14. The summed E-state index contributed by atoms with van der Waals surface area (Å²) in [5, 5.41) is 8.28. The van der Waals surface area contributed by atoms with E-state index in [1.54, 1.807) is 6.92 Å². The molecular formula is C8H7ClO4S2. The first-order chi connectivity index (χ1) is 6.97. The second-order valence-corrected chi connectivity index (χ2v) is 5.66. The van der Waals surface area contributed by atoms with Crippen LogP contribution in [0.25, 0.3) is 0 Å². The van der Waals surface area contributed by atoms with E-state index >= 15 is 0 Å². The van der Waals surface area contributed by atoms with Gasteiger partial charge in [0.15, 0.2) is 5.12 Å². The molecule has 0 amide bonds. The third-order valence-corrected chi connectivity index (χ3v) is 4.20. The van der Waals surface area contributed by atoms with Gasteiger partial charge in [0.05, 0.1) is 14.8 Å². The van der Waals surface area contributed by atoms with Gasteiger partial charge in [0, 0.05) is 11.8 Å². The maximum atomic E-state index is 11.1. The fraction of sp³-hybridized carbons (Fsp3) is 0.250. The molecule has 0 saturated carbocycles. The Labute approximate surface area is 99.1 Å². The predicted molar refractivity (Wildman–Crippen MR) is 58.6 cm³/mol. The smallest absolute Gasteiger partial charge is 0.295 e. The van der Waals surface area contributed by atoms with Crippen molar-refractivity contribution in [1.82, 2.24) is 0 Å². The largest absolute Gasteiger partial charge is 0.375 e. The highest BCUT2D eigenvalue weighted by molar-refractivity contribution is 8.15. The van der Waals surface area contributed by atoms with E-state index in [4.69, 9.17) is 16.9 Å². The van der Waals surface area contributed by atoms with Gasteiger partial charge in [0.1, 0.15) is 0 Å². The number of carbonyl (C=O) groups is 2. The van der Waals surface area contributed by atoms with Crippen LogP contribution < -0.4 is 0 Å². The van der Waals surface area contributed by atoms with Gasteiger partial charge in [-0.2, -0.15) is 5.26 Å². The van der Waals surface area contributed by atoms with Crippen molar-refractivity contribution < 1.29 is 19.7 Å². The van der Waals surface area contributed by atoms with Gasteiger partial charge in [-0.05, 0) is 18.7 Å². The molecule has 0 aliphatic rings. The lowest BCUT2D eigenvalue weighted by Crippen LogP contribution is -2.02. The van der Waals surface area contributed by atoms with Crippen molar-refractivity contribution >= 4 is 45.8 Å². The summed E-state index contributed by atoms with van der Waals surface area (Å²) in [5.41, 5.74) is 0.105. The van der Waals surface area contributed by atoms with Crippen LogP contribution >= 0.6 is 34.7 Å². The molecule has 0 fully saturated rings. The Hall–Kier alpha value is -0.560. The molecule has 0 aromatic carbocycles. The van der Waals surface area contributed by atoms with Crippen LogP contribution in [0.5, 0.6) is 0 Å². The molecule has 0 atom stereocenters. The Morgan fingerprint density at radius 1 is 1.53 bits per heavy atom. The molecule has 0 aliphatic carbocycles. The highest BCUT2D eigenvalue weighted by atomic mass is 35.5. The summed E-state index contributed by atoms with van der Waals surface area (Å²) in [4.78, 5) is 26.2. The molecule has 1 rings (SSSR count). The van der Waals surface area contributed by atoms with E-state index in [9.17, 15) is 9.59 Å². The lowest BCUT2D eigenvalue weighted by atomic mass is 10.3. The van der Waals surface area contributed by atoms with E-state index < -0.39 is 5.97 Å². The predicted octanol–water partition coefficient (Wildman–Crippen LogP) is 2.98. The van der Waals surface area contributed by atoms with Crippen molar-refractivity contribution in [3.05, 3.63) is 15.5 Å². The molecule has 15 heavy (non-hydrogen) atoms. The van der Waals surface area contributed by atoms with Crippen molar-refractivity contribution in [3.8, 4) is 0 Å². The monoisotopic (exact) mass is 266 g/mol. The van der Waals surface area contributed by atoms with Gasteiger partial charge in [-0.3, -0.25) is 9.68 Å². The number of aryl methyl sites for hydroxylation is 1. The molecule has 1 N–H and O–H groups in total. The normalized spacial score (nSPS) is 10.1. The Bertz CT molecular complexity index is 413. The van der Waals surface area contributed by atoms with E-state index in [2.05, 4.69) is 4.89 Å². The first-order valence-electron chi connectivity index (χ1n) is 3.80. The summed E-state index contributed by atoms with van der Waals surface area (Å²) >= 11 is 8.03. The van der Waals surface area contributed by atoms with Crippen LogP contribution in [0.2, 0.25) is 5.02 Å². The van der Waals surface area contributed by atoms with Crippen LogP contribution in [0.3, 0.4) is 0 Å². The van der Waals surface area contributed by atoms with Crippen molar-refractivity contribution in [2.75, 3.05) is 0 Å². The molecule has 0 spiro atoms. The van der Waals surface area contributed by atoms with Crippen LogP contribution in [-0.4, -0.2) is 16.3 Å². The molecule has 1 heterocycles. The summed E-state index contributed by atoms with van der Waals surface area (Å²) in [6.45, 7) is 3.06. The SMILES string of the molecule is CC(=O)Sc1sc(C)c(C(=O)OO)c1Cl. The van der Waals surface area contributed by atoms with Crippen molar-refractivity contribution in [3.63, 3.8) is 0 Å². The maximum absolute atomic E-state index is 11.1. The third-order valence-electron chi connectivity index (χ3n) is 1.52. The summed E-state index contributed by atoms with van der Waals surface area (Å²) in [6.07, 6.45) is 0. The molecule has 0 bridgehead atoms. The average Bonchev–Trinajstić information content (AvgIpc) is 2.40. The molecule has 1 aromatic rings. The lowest BCUT2D eigenvalue weighted by molar-refractivity contribution is -0.182. The topological polar surface area (TPSA) is 63.6 Å². The van der Waals surface area contributed by atoms with E-state index in [1.807, 2.05) is 0 Å². The van der Waals surface area contributed by atoms with Gasteiger partial charge in [0.2, 0.25) is 0 Å². The summed E-state index contributed by atoms with van der Waals surface area (Å²) in [7, 11) is 0. The van der Waals surface area contributed by atoms with Gasteiger partial charge in [-0.15, -0.1) is 11.3 Å². The minimum absolute atomic E-state index is 0.105. The van der Waals surface area contributed by atoms with E-state index in [1.165, 1.54) is 18.3 Å². The van der Waals surface area contributed by atoms with E-state index in [-0.39, 0.29) is 15.7 Å². The number of thiophene rings is 1. The van der Waals surface area contributed by atoms with Crippen LogP contribution in [0.4, 0.5) is 0 Å². The van der Waals surface area contributed by atoms with Crippen molar-refractivity contribution in [2.24, 2.45) is 0 Å². The Morgan fingerprint density at radius 3 is 2.60 bits per heavy atom. The minimum atomic E-state index is -0.913. The summed E-state index contributed by atoms with van der Waals surface area (Å²) in [5.74, 6) is -0.913. The quantitative estimate of drug-likeness (QED) is 0.506. The maximum Gasteiger partial charge on any atom is 0.375 e. The van der Waals surface area contributed by atoms with Crippen LogP contribution in [0.1, 0.15) is 22.2 Å². The Morgan fingerprint density at radius 2 is 2.13 bits per heavy atom.